The summed E-state index contributed by atoms with van der Waals surface area (Å²) in [5, 5.41) is 8.44. The van der Waals surface area contributed by atoms with Gasteiger partial charge in [0.05, 0.1) is 6.07 Å². The number of hydrogen-bond acceptors (Lipinski definition) is 2. The molecule has 5 heteroatoms. The SMILES string of the molecule is CCC(C)c1ccc(OCC(C#N)C(F)(F)F)cc1. The van der Waals surface area contributed by atoms with E-state index in [0.29, 0.717) is 11.7 Å². The number of alkyl halides is 3. The first-order chi connectivity index (χ1) is 8.88. The smallest absolute Gasteiger partial charge is 0.407 e. The summed E-state index contributed by atoms with van der Waals surface area (Å²) in [6, 6.07) is 8.13. The predicted octanol–water partition coefficient (Wildman–Crippen LogP) is 4.28. The predicted molar refractivity (Wildman–Crippen MR) is 65.8 cm³/mol. The van der Waals surface area contributed by atoms with Crippen molar-refractivity contribution in [2.45, 2.75) is 32.4 Å². The highest BCUT2D eigenvalue weighted by Crippen LogP contribution is 2.27. The van der Waals surface area contributed by atoms with Crippen LogP contribution in [0.5, 0.6) is 5.75 Å². The first-order valence-electron chi connectivity index (χ1n) is 6.07. The van der Waals surface area contributed by atoms with E-state index in [2.05, 4.69) is 13.8 Å². The molecule has 1 aromatic carbocycles. The van der Waals surface area contributed by atoms with Crippen molar-refractivity contribution < 1.29 is 17.9 Å². The van der Waals surface area contributed by atoms with Gasteiger partial charge in [-0.3, -0.25) is 0 Å². The van der Waals surface area contributed by atoms with Crippen LogP contribution in [0.1, 0.15) is 31.7 Å². The fraction of sp³-hybridized carbons (Fsp3) is 0.500. The van der Waals surface area contributed by atoms with Crippen LogP contribution in [-0.2, 0) is 0 Å². The van der Waals surface area contributed by atoms with Crippen molar-refractivity contribution in [1.29, 1.82) is 5.26 Å². The summed E-state index contributed by atoms with van der Waals surface area (Å²) in [5.74, 6) is -1.35. The lowest BCUT2D eigenvalue weighted by Gasteiger charge is -2.15. The van der Waals surface area contributed by atoms with Crippen LogP contribution in [0, 0.1) is 17.2 Å². The van der Waals surface area contributed by atoms with E-state index >= 15 is 0 Å². The van der Waals surface area contributed by atoms with Gasteiger partial charge in [-0.05, 0) is 30.0 Å². The number of hydrogen-bond donors (Lipinski definition) is 0. The van der Waals surface area contributed by atoms with Gasteiger partial charge < -0.3 is 4.74 Å². The Morgan fingerprint density at radius 1 is 1.26 bits per heavy atom. The molecule has 104 valence electrons. The average molecular weight is 271 g/mol. The molecule has 2 atom stereocenters. The van der Waals surface area contributed by atoms with Gasteiger partial charge >= 0.3 is 6.18 Å². The monoisotopic (exact) mass is 271 g/mol. The van der Waals surface area contributed by atoms with Crippen molar-refractivity contribution in [2.75, 3.05) is 6.61 Å². The van der Waals surface area contributed by atoms with Gasteiger partial charge in [0.15, 0.2) is 5.92 Å². The van der Waals surface area contributed by atoms with Crippen molar-refractivity contribution in [3.63, 3.8) is 0 Å². The molecule has 2 unspecified atom stereocenters. The van der Waals surface area contributed by atoms with Crippen molar-refractivity contribution in [3.05, 3.63) is 29.8 Å². The van der Waals surface area contributed by atoms with Crippen LogP contribution in [0.4, 0.5) is 13.2 Å². The molecular weight excluding hydrogens is 255 g/mol. The molecule has 0 aliphatic heterocycles. The Kier molecular flexibility index (Phi) is 5.22. The van der Waals surface area contributed by atoms with E-state index in [1.54, 1.807) is 12.1 Å². The van der Waals surface area contributed by atoms with Gasteiger partial charge in [-0.2, -0.15) is 18.4 Å². The van der Waals surface area contributed by atoms with Crippen LogP contribution in [-0.4, -0.2) is 12.8 Å². The molecular formula is C14H16F3NO. The van der Waals surface area contributed by atoms with Crippen molar-refractivity contribution in [2.24, 2.45) is 5.92 Å². The normalized spacial score (nSPS) is 14.5. The van der Waals surface area contributed by atoms with Gasteiger partial charge in [-0.25, -0.2) is 0 Å². The zero-order valence-electron chi connectivity index (χ0n) is 10.9. The number of halogens is 3. The maximum absolute atomic E-state index is 12.3. The first-order valence-corrected chi connectivity index (χ1v) is 6.07. The Morgan fingerprint density at radius 2 is 1.84 bits per heavy atom. The van der Waals surface area contributed by atoms with Gasteiger partial charge in [0.2, 0.25) is 0 Å². The fourth-order valence-electron chi connectivity index (χ4n) is 1.51. The molecule has 1 aromatic rings. The number of nitriles is 1. The molecule has 0 N–H and O–H groups in total. The van der Waals surface area contributed by atoms with Gasteiger partial charge in [0.25, 0.3) is 0 Å². The highest BCUT2D eigenvalue weighted by Gasteiger charge is 2.40. The van der Waals surface area contributed by atoms with Crippen LogP contribution in [0.2, 0.25) is 0 Å². The van der Waals surface area contributed by atoms with Crippen molar-refractivity contribution >= 4 is 0 Å². The largest absolute Gasteiger partial charge is 0.492 e. The topological polar surface area (TPSA) is 33.0 Å². The van der Waals surface area contributed by atoms with Crippen molar-refractivity contribution in [1.82, 2.24) is 0 Å². The zero-order chi connectivity index (χ0) is 14.5. The molecule has 0 saturated carbocycles. The molecule has 1 rings (SSSR count). The van der Waals surface area contributed by atoms with Crippen LogP contribution in [0.15, 0.2) is 24.3 Å². The van der Waals surface area contributed by atoms with E-state index in [-0.39, 0.29) is 0 Å². The van der Waals surface area contributed by atoms with E-state index in [4.69, 9.17) is 10.00 Å². The summed E-state index contributed by atoms with van der Waals surface area (Å²) in [6.45, 7) is 3.46. The second kappa shape index (κ2) is 6.46. The van der Waals surface area contributed by atoms with Crippen molar-refractivity contribution in [3.8, 4) is 11.8 Å². The summed E-state index contributed by atoms with van der Waals surface area (Å²) < 4.78 is 42.0. The molecule has 0 fully saturated rings. The summed E-state index contributed by atoms with van der Waals surface area (Å²) in [7, 11) is 0. The van der Waals surface area contributed by atoms with Gasteiger partial charge in [0.1, 0.15) is 12.4 Å². The molecule has 0 aromatic heterocycles. The summed E-state index contributed by atoms with van der Waals surface area (Å²) in [6.07, 6.45) is -3.56. The maximum atomic E-state index is 12.3. The van der Waals surface area contributed by atoms with Crippen LogP contribution >= 0.6 is 0 Å². The number of rotatable bonds is 5. The number of benzene rings is 1. The van der Waals surface area contributed by atoms with E-state index in [1.165, 1.54) is 6.07 Å². The summed E-state index contributed by atoms with van der Waals surface area (Å²) in [5.41, 5.74) is 1.11. The lowest BCUT2D eigenvalue weighted by Crippen LogP contribution is -2.27. The minimum Gasteiger partial charge on any atom is -0.492 e. The summed E-state index contributed by atoms with van der Waals surface area (Å²) >= 11 is 0. The minimum absolute atomic E-state index is 0.344. The van der Waals surface area contributed by atoms with Crippen LogP contribution < -0.4 is 4.74 Å². The van der Waals surface area contributed by atoms with Gasteiger partial charge in [-0.1, -0.05) is 26.0 Å². The van der Waals surface area contributed by atoms with Crippen LogP contribution in [0.25, 0.3) is 0 Å². The van der Waals surface area contributed by atoms with E-state index in [0.717, 1.165) is 12.0 Å². The fourth-order valence-corrected chi connectivity index (χ4v) is 1.51. The first kappa shape index (κ1) is 15.4. The third kappa shape index (κ3) is 4.47. The average Bonchev–Trinajstić information content (AvgIpc) is 2.37. The molecule has 2 nitrogen and oxygen atoms in total. The van der Waals surface area contributed by atoms with E-state index in [1.807, 2.05) is 12.1 Å². The number of nitrogens with zero attached hydrogens (tertiary/aromatic N) is 1. The second-order valence-corrected chi connectivity index (χ2v) is 4.41. The molecule has 0 amide bonds. The Hall–Kier alpha value is -1.70. The second-order valence-electron chi connectivity index (χ2n) is 4.41. The van der Waals surface area contributed by atoms with Gasteiger partial charge in [0, 0.05) is 0 Å². The molecule has 0 heterocycles. The summed E-state index contributed by atoms with van der Waals surface area (Å²) in [4.78, 5) is 0. The van der Waals surface area contributed by atoms with Gasteiger partial charge in [-0.15, -0.1) is 0 Å². The highest BCUT2D eigenvalue weighted by atomic mass is 19.4. The van der Waals surface area contributed by atoms with Crippen LogP contribution in [0.3, 0.4) is 0 Å². The standard InChI is InChI=1S/C14H16F3NO/c1-3-10(2)11-4-6-13(7-5-11)19-9-12(8-18)14(15,16)17/h4-7,10,12H,3,9H2,1-2H3. The molecule has 0 spiro atoms. The maximum Gasteiger partial charge on any atom is 0.407 e. The molecule has 0 saturated heterocycles. The Morgan fingerprint density at radius 3 is 2.26 bits per heavy atom. The molecule has 0 aliphatic carbocycles. The molecule has 0 radical (unpaired) electrons. The van der Waals surface area contributed by atoms with E-state index in [9.17, 15) is 13.2 Å². The third-order valence-electron chi connectivity index (χ3n) is 3.03. The third-order valence-corrected chi connectivity index (χ3v) is 3.03. The zero-order valence-corrected chi connectivity index (χ0v) is 10.9. The Balaban J connectivity index is 2.62. The Bertz CT molecular complexity index is 433. The lowest BCUT2D eigenvalue weighted by atomic mass is 9.99. The molecule has 0 aliphatic rings. The van der Waals surface area contributed by atoms with E-state index < -0.39 is 18.7 Å². The Labute approximate surface area is 110 Å². The molecule has 19 heavy (non-hydrogen) atoms. The minimum atomic E-state index is -4.55. The molecule has 0 bridgehead atoms. The quantitative estimate of drug-likeness (QED) is 0.800. The highest BCUT2D eigenvalue weighted by molar-refractivity contribution is 5.29. The number of ether oxygens (including phenoxy) is 1. The lowest BCUT2D eigenvalue weighted by molar-refractivity contribution is -0.165.